The Morgan fingerprint density at radius 3 is 2.29 bits per heavy atom. The predicted molar refractivity (Wildman–Crippen MR) is 78.0 cm³/mol. The van der Waals surface area contributed by atoms with E-state index in [9.17, 15) is 14.4 Å². The minimum Gasteiger partial charge on any atom is -0.480 e. The molecule has 0 saturated heterocycles. The van der Waals surface area contributed by atoms with Crippen LogP contribution >= 0.6 is 0 Å². The number of hydrogen-bond acceptors (Lipinski definition) is 3. The number of carbonyl (C=O) groups excluding carboxylic acids is 2. The van der Waals surface area contributed by atoms with Gasteiger partial charge in [0.1, 0.15) is 6.04 Å². The topological polar surface area (TPSA) is 113 Å². The van der Waals surface area contributed by atoms with E-state index < -0.39 is 30.4 Å². The Morgan fingerprint density at radius 1 is 1.29 bits per heavy atom. The van der Waals surface area contributed by atoms with Crippen LogP contribution in [0.15, 0.2) is 24.3 Å². The molecule has 1 rings (SSSR count). The van der Waals surface area contributed by atoms with Gasteiger partial charge in [0.25, 0.3) is 0 Å². The highest BCUT2D eigenvalue weighted by molar-refractivity contribution is 5.95. The molecule has 7 heteroatoms. The summed E-state index contributed by atoms with van der Waals surface area (Å²) in [4.78, 5) is 35.0. The molecule has 1 atom stereocenters. The number of benzene rings is 1. The largest absolute Gasteiger partial charge is 0.480 e. The highest BCUT2D eigenvalue weighted by Gasteiger charge is 2.24. The average Bonchev–Trinajstić information content (AvgIpc) is 2.45. The Labute approximate surface area is 122 Å². The molecule has 4 N–H and O–H groups in total. The molecular weight excluding hydrogens is 274 g/mol. The first-order valence-electron chi connectivity index (χ1n) is 6.49. The first kappa shape index (κ1) is 16.5. The number of carboxylic acids is 1. The van der Waals surface area contributed by atoms with E-state index in [0.717, 1.165) is 12.0 Å². The summed E-state index contributed by atoms with van der Waals surface area (Å²) in [5.41, 5.74) is 6.71. The maximum Gasteiger partial charge on any atom is 0.326 e. The zero-order chi connectivity index (χ0) is 16.0. The van der Waals surface area contributed by atoms with E-state index in [4.69, 9.17) is 10.8 Å². The van der Waals surface area contributed by atoms with Crippen molar-refractivity contribution in [3.8, 4) is 0 Å². The molecule has 0 bridgehead atoms. The van der Waals surface area contributed by atoms with Crippen molar-refractivity contribution in [3.05, 3.63) is 29.8 Å². The molecule has 0 aliphatic heterocycles. The molecule has 3 amide bonds. The third kappa shape index (κ3) is 4.79. The van der Waals surface area contributed by atoms with E-state index in [0.29, 0.717) is 5.69 Å². The van der Waals surface area contributed by atoms with Gasteiger partial charge in [-0.25, -0.2) is 9.59 Å². The normalized spacial score (nSPS) is 11.5. The fraction of sp³-hybridized carbons (Fsp3) is 0.357. The Balaban J connectivity index is 2.76. The van der Waals surface area contributed by atoms with E-state index in [-0.39, 0.29) is 0 Å². The molecule has 0 aromatic heterocycles. The fourth-order valence-corrected chi connectivity index (χ4v) is 1.72. The van der Waals surface area contributed by atoms with Crippen LogP contribution in [0.3, 0.4) is 0 Å². The van der Waals surface area contributed by atoms with Crippen LogP contribution in [0.2, 0.25) is 0 Å². The standard InChI is InChI=1S/C14H19N3O4/c1-3-9-4-6-10(7-5-9)17(2)14(21)16-11(13(19)20)8-12(15)18/h4-7,11H,3,8H2,1-2H3,(H2,15,18)(H,16,21)(H,19,20)/t11-/m0/s1. The Kier molecular flexibility index (Phi) is 5.71. The molecule has 1 aromatic rings. The number of urea groups is 1. The van der Waals surface area contributed by atoms with Gasteiger partial charge >= 0.3 is 12.0 Å². The maximum absolute atomic E-state index is 12.0. The SMILES string of the molecule is CCc1ccc(N(C)C(=O)N[C@@H](CC(N)=O)C(=O)O)cc1. The number of nitrogens with zero attached hydrogens (tertiary/aromatic N) is 1. The number of nitrogens with one attached hydrogen (secondary N) is 1. The molecule has 1 aromatic carbocycles. The van der Waals surface area contributed by atoms with Gasteiger partial charge in [-0.15, -0.1) is 0 Å². The lowest BCUT2D eigenvalue weighted by Gasteiger charge is -2.21. The minimum atomic E-state index is -1.34. The number of anilines is 1. The summed E-state index contributed by atoms with van der Waals surface area (Å²) in [6, 6.07) is 5.35. The van der Waals surface area contributed by atoms with Crippen molar-refractivity contribution in [3.63, 3.8) is 0 Å². The molecule has 0 aliphatic rings. The second kappa shape index (κ2) is 7.28. The van der Waals surface area contributed by atoms with Crippen LogP contribution < -0.4 is 16.0 Å². The monoisotopic (exact) mass is 293 g/mol. The molecule has 0 radical (unpaired) electrons. The Bertz CT molecular complexity index is 528. The summed E-state index contributed by atoms with van der Waals surface area (Å²) in [5, 5.41) is 11.2. The van der Waals surface area contributed by atoms with Crippen molar-refractivity contribution in [2.75, 3.05) is 11.9 Å². The van der Waals surface area contributed by atoms with Crippen molar-refractivity contribution >= 4 is 23.6 Å². The third-order valence-electron chi connectivity index (χ3n) is 3.04. The van der Waals surface area contributed by atoms with Gasteiger partial charge in [-0.05, 0) is 24.1 Å². The van der Waals surface area contributed by atoms with Gasteiger partial charge in [-0.2, -0.15) is 0 Å². The highest BCUT2D eigenvalue weighted by Crippen LogP contribution is 2.14. The van der Waals surface area contributed by atoms with Gasteiger partial charge in [0.15, 0.2) is 0 Å². The van der Waals surface area contributed by atoms with Gasteiger partial charge in [0, 0.05) is 12.7 Å². The summed E-state index contributed by atoms with van der Waals surface area (Å²) >= 11 is 0. The number of aryl methyl sites for hydroxylation is 1. The predicted octanol–water partition coefficient (Wildman–Crippen LogP) is 0.723. The lowest BCUT2D eigenvalue weighted by atomic mass is 10.1. The summed E-state index contributed by atoms with van der Waals surface area (Å²) in [6.07, 6.45) is 0.430. The zero-order valence-corrected chi connectivity index (χ0v) is 12.0. The van der Waals surface area contributed by atoms with E-state index in [1.54, 1.807) is 12.1 Å². The van der Waals surface area contributed by atoms with Crippen LogP contribution in [0.1, 0.15) is 18.9 Å². The molecule has 0 unspecified atom stereocenters. The van der Waals surface area contributed by atoms with Crippen molar-refractivity contribution in [1.29, 1.82) is 0 Å². The summed E-state index contributed by atoms with van der Waals surface area (Å²) in [7, 11) is 1.51. The summed E-state index contributed by atoms with van der Waals surface area (Å²) in [6.45, 7) is 2.02. The molecule has 0 heterocycles. The summed E-state index contributed by atoms with van der Waals surface area (Å²) < 4.78 is 0. The number of hydrogen-bond donors (Lipinski definition) is 3. The molecule has 0 fully saturated rings. The van der Waals surface area contributed by atoms with E-state index >= 15 is 0 Å². The van der Waals surface area contributed by atoms with E-state index in [1.807, 2.05) is 19.1 Å². The lowest BCUT2D eigenvalue weighted by molar-refractivity contribution is -0.140. The van der Waals surface area contributed by atoms with Gasteiger partial charge in [-0.3, -0.25) is 9.69 Å². The quantitative estimate of drug-likeness (QED) is 0.717. The number of primary amides is 1. The number of rotatable bonds is 6. The maximum atomic E-state index is 12.0. The highest BCUT2D eigenvalue weighted by atomic mass is 16.4. The van der Waals surface area contributed by atoms with Crippen LogP contribution in [-0.4, -0.2) is 36.1 Å². The van der Waals surface area contributed by atoms with E-state index in [2.05, 4.69) is 5.32 Å². The smallest absolute Gasteiger partial charge is 0.326 e. The first-order valence-corrected chi connectivity index (χ1v) is 6.49. The van der Waals surface area contributed by atoms with Crippen molar-refractivity contribution in [2.24, 2.45) is 5.73 Å². The van der Waals surface area contributed by atoms with Crippen LogP contribution in [-0.2, 0) is 16.0 Å². The van der Waals surface area contributed by atoms with Crippen LogP contribution in [0.4, 0.5) is 10.5 Å². The Hall–Kier alpha value is -2.57. The fourth-order valence-electron chi connectivity index (χ4n) is 1.72. The molecule has 21 heavy (non-hydrogen) atoms. The summed E-state index contributed by atoms with van der Waals surface area (Å²) in [5.74, 6) is -2.10. The Morgan fingerprint density at radius 2 is 1.86 bits per heavy atom. The van der Waals surface area contributed by atoms with Gasteiger partial charge in [0.2, 0.25) is 5.91 Å². The van der Waals surface area contributed by atoms with Crippen LogP contribution in [0.25, 0.3) is 0 Å². The third-order valence-corrected chi connectivity index (χ3v) is 3.04. The molecule has 0 spiro atoms. The van der Waals surface area contributed by atoms with Crippen LogP contribution in [0.5, 0.6) is 0 Å². The molecule has 114 valence electrons. The molecular formula is C14H19N3O4. The van der Waals surface area contributed by atoms with Crippen molar-refractivity contribution in [2.45, 2.75) is 25.8 Å². The second-order valence-corrected chi connectivity index (χ2v) is 4.59. The average molecular weight is 293 g/mol. The molecule has 7 nitrogen and oxygen atoms in total. The lowest BCUT2D eigenvalue weighted by Crippen LogP contribution is -2.48. The van der Waals surface area contributed by atoms with Gasteiger partial charge in [0.05, 0.1) is 6.42 Å². The zero-order valence-electron chi connectivity index (χ0n) is 12.0. The van der Waals surface area contributed by atoms with Crippen LogP contribution in [0, 0.1) is 0 Å². The first-order chi connectivity index (χ1) is 9.85. The van der Waals surface area contributed by atoms with Crippen molar-refractivity contribution in [1.82, 2.24) is 5.32 Å². The van der Waals surface area contributed by atoms with Crippen molar-refractivity contribution < 1.29 is 19.5 Å². The molecule has 0 saturated carbocycles. The van der Waals surface area contributed by atoms with Gasteiger partial charge in [-0.1, -0.05) is 19.1 Å². The number of nitrogens with two attached hydrogens (primary N) is 1. The van der Waals surface area contributed by atoms with E-state index in [1.165, 1.54) is 11.9 Å². The second-order valence-electron chi connectivity index (χ2n) is 4.59. The number of carbonyl (C=O) groups is 3. The number of carboxylic acid groups (broad SMARTS) is 1. The molecule has 0 aliphatic carbocycles. The number of aliphatic carboxylic acids is 1. The van der Waals surface area contributed by atoms with Gasteiger partial charge < -0.3 is 16.2 Å². The number of amides is 3. The minimum absolute atomic E-state index is 0.455.